The third-order valence-corrected chi connectivity index (χ3v) is 5.22. The maximum absolute atomic E-state index is 12.5. The minimum atomic E-state index is -3.58. The Bertz CT molecular complexity index is 841. The number of ether oxygens (including phenoxy) is 1. The number of sulfonamides is 1. The van der Waals surface area contributed by atoms with Crippen LogP contribution >= 0.6 is 0 Å². The molecule has 0 bridgehead atoms. The first-order chi connectivity index (χ1) is 11.7. The molecule has 1 aromatic carbocycles. The van der Waals surface area contributed by atoms with Crippen molar-refractivity contribution in [3.8, 4) is 5.75 Å². The number of carbonyl (C=O) groups excluding carboxylic acids is 1. The van der Waals surface area contributed by atoms with Gasteiger partial charge < -0.3 is 14.2 Å². The summed E-state index contributed by atoms with van der Waals surface area (Å²) >= 11 is 0. The molecule has 2 rings (SSSR count). The third kappa shape index (κ3) is 4.61. The topological polar surface area (TPSA) is 80.6 Å². The van der Waals surface area contributed by atoms with Gasteiger partial charge in [0.25, 0.3) is 5.91 Å². The molecule has 0 fully saturated rings. The second kappa shape index (κ2) is 7.71. The summed E-state index contributed by atoms with van der Waals surface area (Å²) in [6, 6.07) is 9.04. The van der Waals surface area contributed by atoms with Crippen LogP contribution in [0.4, 0.5) is 0 Å². The number of aryl methyl sites for hydroxylation is 2. The smallest absolute Gasteiger partial charge is 0.270 e. The fourth-order valence-corrected chi connectivity index (χ4v) is 3.04. The zero-order valence-electron chi connectivity index (χ0n) is 14.8. The Morgan fingerprint density at radius 1 is 1.28 bits per heavy atom. The summed E-state index contributed by atoms with van der Waals surface area (Å²) in [5.74, 6) is 0.472. The number of amides is 1. The largest absolute Gasteiger partial charge is 0.492 e. The van der Waals surface area contributed by atoms with Gasteiger partial charge in [0, 0.05) is 20.3 Å². The van der Waals surface area contributed by atoms with Gasteiger partial charge in [-0.3, -0.25) is 4.79 Å². The number of hydrogen-bond donors (Lipinski definition) is 1. The molecule has 0 radical (unpaired) electrons. The molecule has 0 saturated carbocycles. The number of nitrogens with zero attached hydrogens (tertiary/aromatic N) is 2. The average molecular weight is 365 g/mol. The summed E-state index contributed by atoms with van der Waals surface area (Å²) < 4.78 is 33.0. The van der Waals surface area contributed by atoms with Crippen molar-refractivity contribution in [2.24, 2.45) is 7.05 Å². The van der Waals surface area contributed by atoms with Crippen molar-refractivity contribution in [1.29, 1.82) is 0 Å². The standard InChI is InChI=1S/C17H23N3O4S/c1-13-5-7-14(8-6-13)24-10-9-19(3)17(21)16-11-15(12-20(16)4)25(22,23)18-2/h5-8,11-12,18H,9-10H2,1-4H3. The van der Waals surface area contributed by atoms with E-state index in [2.05, 4.69) is 4.72 Å². The van der Waals surface area contributed by atoms with E-state index >= 15 is 0 Å². The van der Waals surface area contributed by atoms with E-state index in [1.165, 1.54) is 28.8 Å². The zero-order valence-corrected chi connectivity index (χ0v) is 15.6. The number of carbonyl (C=O) groups is 1. The summed E-state index contributed by atoms with van der Waals surface area (Å²) in [5, 5.41) is 0. The van der Waals surface area contributed by atoms with Crippen LogP contribution in [-0.2, 0) is 17.1 Å². The van der Waals surface area contributed by atoms with Crippen molar-refractivity contribution in [3.05, 3.63) is 47.8 Å². The quantitative estimate of drug-likeness (QED) is 0.804. The van der Waals surface area contributed by atoms with Gasteiger partial charge in [-0.2, -0.15) is 0 Å². The van der Waals surface area contributed by atoms with Crippen LogP contribution in [0.3, 0.4) is 0 Å². The number of rotatable bonds is 7. The second-order valence-electron chi connectivity index (χ2n) is 5.77. The van der Waals surface area contributed by atoms with Gasteiger partial charge in [0.1, 0.15) is 22.9 Å². The fourth-order valence-electron chi connectivity index (χ4n) is 2.24. The maximum atomic E-state index is 12.5. The molecule has 2 aromatic rings. The lowest BCUT2D eigenvalue weighted by atomic mass is 10.2. The van der Waals surface area contributed by atoms with E-state index in [1.54, 1.807) is 14.1 Å². The molecule has 0 spiro atoms. The Labute approximate surface area is 148 Å². The Morgan fingerprint density at radius 3 is 2.52 bits per heavy atom. The summed E-state index contributed by atoms with van der Waals surface area (Å²) in [7, 11) is 1.04. The molecule has 7 nitrogen and oxygen atoms in total. The van der Waals surface area contributed by atoms with E-state index in [9.17, 15) is 13.2 Å². The van der Waals surface area contributed by atoms with E-state index in [-0.39, 0.29) is 10.8 Å². The highest BCUT2D eigenvalue weighted by Crippen LogP contribution is 2.15. The molecule has 1 heterocycles. The van der Waals surface area contributed by atoms with Gasteiger partial charge >= 0.3 is 0 Å². The molecule has 0 atom stereocenters. The highest BCUT2D eigenvalue weighted by Gasteiger charge is 2.21. The normalized spacial score (nSPS) is 11.4. The van der Waals surface area contributed by atoms with Gasteiger partial charge in [-0.15, -0.1) is 0 Å². The minimum absolute atomic E-state index is 0.0603. The Morgan fingerprint density at radius 2 is 1.92 bits per heavy atom. The molecule has 1 aromatic heterocycles. The van der Waals surface area contributed by atoms with Crippen molar-refractivity contribution in [3.63, 3.8) is 0 Å². The number of hydrogen-bond acceptors (Lipinski definition) is 4. The second-order valence-corrected chi connectivity index (χ2v) is 7.65. The molecule has 0 saturated heterocycles. The summed E-state index contributed by atoms with van der Waals surface area (Å²) in [6.07, 6.45) is 1.41. The lowest BCUT2D eigenvalue weighted by Gasteiger charge is -2.17. The number of benzene rings is 1. The summed E-state index contributed by atoms with van der Waals surface area (Å²) in [6.45, 7) is 2.72. The van der Waals surface area contributed by atoms with Crippen LogP contribution < -0.4 is 9.46 Å². The molecule has 136 valence electrons. The minimum Gasteiger partial charge on any atom is -0.492 e. The maximum Gasteiger partial charge on any atom is 0.270 e. The van der Waals surface area contributed by atoms with Crippen LogP contribution in [0.2, 0.25) is 0 Å². The highest BCUT2D eigenvalue weighted by molar-refractivity contribution is 7.89. The Hall–Kier alpha value is -2.32. The molecule has 0 unspecified atom stereocenters. The molecule has 1 amide bonds. The molecule has 0 aliphatic heterocycles. The summed E-state index contributed by atoms with van der Waals surface area (Å²) in [4.78, 5) is 14.1. The first-order valence-electron chi connectivity index (χ1n) is 7.79. The van der Waals surface area contributed by atoms with Crippen LogP contribution in [0.25, 0.3) is 0 Å². The van der Waals surface area contributed by atoms with Gasteiger partial charge in [0.2, 0.25) is 10.0 Å². The van der Waals surface area contributed by atoms with Gasteiger partial charge in [-0.25, -0.2) is 13.1 Å². The summed E-state index contributed by atoms with van der Waals surface area (Å²) in [5.41, 5.74) is 1.45. The molecular weight excluding hydrogens is 342 g/mol. The van der Waals surface area contributed by atoms with Crippen molar-refractivity contribution >= 4 is 15.9 Å². The molecule has 8 heteroatoms. The predicted octanol–water partition coefficient (Wildman–Crippen LogP) is 1.39. The SMILES string of the molecule is CNS(=O)(=O)c1cc(C(=O)N(C)CCOc2ccc(C)cc2)n(C)c1. The lowest BCUT2D eigenvalue weighted by molar-refractivity contribution is 0.0764. The van der Waals surface area contributed by atoms with Crippen molar-refractivity contribution < 1.29 is 17.9 Å². The average Bonchev–Trinajstić information content (AvgIpc) is 2.98. The van der Waals surface area contributed by atoms with E-state index in [1.807, 2.05) is 31.2 Å². The Kier molecular flexibility index (Phi) is 5.86. The van der Waals surface area contributed by atoms with Crippen molar-refractivity contribution in [2.45, 2.75) is 11.8 Å². The van der Waals surface area contributed by atoms with E-state index in [4.69, 9.17) is 4.74 Å². The first kappa shape index (κ1) is 19.0. The third-order valence-electron chi connectivity index (χ3n) is 3.84. The number of aromatic nitrogens is 1. The van der Waals surface area contributed by atoms with Gasteiger partial charge in [-0.1, -0.05) is 17.7 Å². The molecule has 0 aliphatic carbocycles. The van der Waals surface area contributed by atoms with Gasteiger partial charge in [0.15, 0.2) is 0 Å². The number of likely N-dealkylation sites (N-methyl/N-ethyl adjacent to an activating group) is 1. The van der Waals surface area contributed by atoms with Gasteiger partial charge in [0.05, 0.1) is 6.54 Å². The van der Waals surface area contributed by atoms with Crippen LogP contribution in [0.1, 0.15) is 16.1 Å². The number of nitrogens with one attached hydrogen (secondary N) is 1. The zero-order chi connectivity index (χ0) is 18.6. The molecule has 25 heavy (non-hydrogen) atoms. The Balaban J connectivity index is 1.99. The molecule has 0 aliphatic rings. The van der Waals surface area contributed by atoms with E-state index in [0.717, 1.165) is 11.3 Å². The van der Waals surface area contributed by atoms with Gasteiger partial charge in [-0.05, 0) is 32.2 Å². The predicted molar refractivity (Wildman–Crippen MR) is 95.3 cm³/mol. The van der Waals surface area contributed by atoms with Crippen LogP contribution in [0.15, 0.2) is 41.4 Å². The molecule has 1 N–H and O–H groups in total. The van der Waals surface area contributed by atoms with Crippen LogP contribution in [0, 0.1) is 6.92 Å². The van der Waals surface area contributed by atoms with Crippen molar-refractivity contribution in [1.82, 2.24) is 14.2 Å². The highest BCUT2D eigenvalue weighted by atomic mass is 32.2. The fraction of sp³-hybridized carbons (Fsp3) is 0.353. The monoisotopic (exact) mass is 365 g/mol. The lowest BCUT2D eigenvalue weighted by Crippen LogP contribution is -2.32. The van der Waals surface area contributed by atoms with Crippen LogP contribution in [-0.4, -0.2) is 51.0 Å². The van der Waals surface area contributed by atoms with Crippen molar-refractivity contribution in [2.75, 3.05) is 27.2 Å². The van der Waals surface area contributed by atoms with E-state index in [0.29, 0.717) is 18.8 Å². The van der Waals surface area contributed by atoms with Crippen LogP contribution in [0.5, 0.6) is 5.75 Å². The van der Waals surface area contributed by atoms with E-state index < -0.39 is 10.0 Å². The molecular formula is C17H23N3O4S. The first-order valence-corrected chi connectivity index (χ1v) is 9.28.